The number of rotatable bonds is 11. The molecule has 0 N–H and O–H groups in total. The van der Waals surface area contributed by atoms with E-state index in [1.54, 1.807) is 0 Å². The molecule has 0 saturated carbocycles. The van der Waals surface area contributed by atoms with Crippen molar-refractivity contribution >= 4 is 6.09 Å². The molecule has 0 heterocycles. The van der Waals surface area contributed by atoms with E-state index in [0.29, 0.717) is 0 Å². The zero-order valence-electron chi connectivity index (χ0n) is 15.9. The lowest BCUT2D eigenvalue weighted by Crippen LogP contribution is -2.70. The fourth-order valence-electron chi connectivity index (χ4n) is 2.05. The predicted molar refractivity (Wildman–Crippen MR) is 78.9 cm³/mol. The van der Waals surface area contributed by atoms with E-state index in [0.717, 1.165) is 4.90 Å². The standard InChI is InChI=1S/C15H18F13NO2/c1-29(2)9(30)31-8-6-4-3-5-7-10(16,17)11(18,19)12(20,21)13(22,23)14(24,25)15(26,27)28/h3-8H2,1-2H3. The summed E-state index contributed by atoms with van der Waals surface area (Å²) >= 11 is 0. The Labute approximate surface area is 167 Å². The third kappa shape index (κ3) is 5.79. The topological polar surface area (TPSA) is 29.5 Å². The molecule has 0 aliphatic heterocycles. The molecule has 3 nitrogen and oxygen atoms in total. The van der Waals surface area contributed by atoms with Crippen LogP contribution in [-0.2, 0) is 4.74 Å². The highest BCUT2D eigenvalue weighted by Gasteiger charge is 2.90. The number of ether oxygens (including phenoxy) is 1. The minimum atomic E-state index is -7.87. The van der Waals surface area contributed by atoms with Crippen LogP contribution in [0.4, 0.5) is 61.9 Å². The van der Waals surface area contributed by atoms with Gasteiger partial charge in [-0.3, -0.25) is 0 Å². The Kier molecular flexibility index (Phi) is 8.96. The molecule has 0 rings (SSSR count). The second-order valence-electron chi connectivity index (χ2n) is 6.67. The largest absolute Gasteiger partial charge is 0.460 e. The van der Waals surface area contributed by atoms with Crippen LogP contribution in [-0.4, -0.2) is 67.5 Å². The Morgan fingerprint density at radius 2 is 1.06 bits per heavy atom. The van der Waals surface area contributed by atoms with Crippen molar-refractivity contribution in [3.63, 3.8) is 0 Å². The second kappa shape index (κ2) is 9.46. The molecule has 0 atom stereocenters. The zero-order chi connectivity index (χ0) is 25.1. The van der Waals surface area contributed by atoms with Gasteiger partial charge in [0.1, 0.15) is 0 Å². The number of carbonyl (C=O) groups is 1. The quantitative estimate of drug-likeness (QED) is 0.248. The highest BCUT2D eigenvalue weighted by atomic mass is 19.4. The molecule has 0 aliphatic rings. The highest BCUT2D eigenvalue weighted by Crippen LogP contribution is 2.60. The Balaban J connectivity index is 5.12. The van der Waals surface area contributed by atoms with Gasteiger partial charge in [-0.25, -0.2) is 4.79 Å². The summed E-state index contributed by atoms with van der Waals surface area (Å²) in [6.07, 6.45) is -11.8. The van der Waals surface area contributed by atoms with Crippen LogP contribution < -0.4 is 0 Å². The minimum Gasteiger partial charge on any atom is -0.449 e. The molecule has 0 unspecified atom stereocenters. The lowest BCUT2D eigenvalue weighted by Gasteiger charge is -2.39. The third-order valence-corrected chi connectivity index (χ3v) is 3.97. The lowest BCUT2D eigenvalue weighted by molar-refractivity contribution is -0.440. The molecular weight excluding hydrogens is 473 g/mol. The van der Waals surface area contributed by atoms with Crippen molar-refractivity contribution < 1.29 is 66.6 Å². The molecule has 1 amide bonds. The Morgan fingerprint density at radius 1 is 0.645 bits per heavy atom. The van der Waals surface area contributed by atoms with Crippen molar-refractivity contribution in [2.45, 2.75) is 67.9 Å². The van der Waals surface area contributed by atoms with Gasteiger partial charge < -0.3 is 9.64 Å². The first-order chi connectivity index (χ1) is 13.6. The van der Waals surface area contributed by atoms with Gasteiger partial charge in [0.15, 0.2) is 0 Å². The van der Waals surface area contributed by atoms with Crippen molar-refractivity contribution in [1.82, 2.24) is 4.90 Å². The van der Waals surface area contributed by atoms with Crippen LogP contribution in [0.2, 0.25) is 0 Å². The van der Waals surface area contributed by atoms with E-state index in [-0.39, 0.29) is 25.9 Å². The number of unbranched alkanes of at least 4 members (excludes halogenated alkanes) is 3. The molecule has 0 fully saturated rings. The van der Waals surface area contributed by atoms with E-state index in [9.17, 15) is 61.9 Å². The molecule has 0 spiro atoms. The van der Waals surface area contributed by atoms with Gasteiger partial charge >= 0.3 is 41.9 Å². The number of hydrogen-bond donors (Lipinski definition) is 0. The molecule has 0 aromatic rings. The third-order valence-electron chi connectivity index (χ3n) is 3.97. The maximum Gasteiger partial charge on any atom is 0.460 e. The van der Waals surface area contributed by atoms with Crippen LogP contribution in [0.3, 0.4) is 0 Å². The normalized spacial score (nSPS) is 14.5. The van der Waals surface area contributed by atoms with E-state index in [1.165, 1.54) is 14.1 Å². The Bertz CT molecular complexity index is 602. The van der Waals surface area contributed by atoms with Gasteiger partial charge in [0.05, 0.1) is 6.61 Å². The number of carbonyl (C=O) groups excluding carboxylic acids is 1. The summed E-state index contributed by atoms with van der Waals surface area (Å²) in [4.78, 5) is 12.1. The molecule has 0 radical (unpaired) electrons. The van der Waals surface area contributed by atoms with Crippen molar-refractivity contribution in [2.75, 3.05) is 20.7 Å². The number of amides is 1. The van der Waals surface area contributed by atoms with E-state index in [2.05, 4.69) is 4.74 Å². The van der Waals surface area contributed by atoms with E-state index < -0.39 is 54.7 Å². The van der Waals surface area contributed by atoms with Crippen LogP contribution in [0.25, 0.3) is 0 Å². The summed E-state index contributed by atoms with van der Waals surface area (Å²) in [7, 11) is 2.68. The summed E-state index contributed by atoms with van der Waals surface area (Å²) < 4.78 is 173. The van der Waals surface area contributed by atoms with Crippen LogP contribution in [0.5, 0.6) is 0 Å². The van der Waals surface area contributed by atoms with Crippen molar-refractivity contribution in [3.8, 4) is 0 Å². The number of halogens is 13. The maximum absolute atomic E-state index is 13.5. The maximum atomic E-state index is 13.5. The summed E-state index contributed by atoms with van der Waals surface area (Å²) in [5.41, 5.74) is 0. The molecule has 0 aliphatic carbocycles. The summed E-state index contributed by atoms with van der Waals surface area (Å²) in [5, 5.41) is 0. The van der Waals surface area contributed by atoms with Crippen LogP contribution >= 0.6 is 0 Å². The molecule has 0 aromatic carbocycles. The van der Waals surface area contributed by atoms with Crippen LogP contribution in [0, 0.1) is 0 Å². The monoisotopic (exact) mass is 491 g/mol. The van der Waals surface area contributed by atoms with Gasteiger partial charge in [-0.15, -0.1) is 0 Å². The van der Waals surface area contributed by atoms with Crippen molar-refractivity contribution in [3.05, 3.63) is 0 Å². The number of nitrogens with zero attached hydrogens (tertiary/aromatic N) is 1. The predicted octanol–water partition coefficient (Wildman–Crippen LogP) is 6.37. The molecule has 0 bridgehead atoms. The van der Waals surface area contributed by atoms with E-state index in [1.807, 2.05) is 0 Å². The lowest BCUT2D eigenvalue weighted by atomic mass is 9.91. The SMILES string of the molecule is CN(C)C(=O)OCCCCCCC(F)(F)C(F)(F)C(F)(F)C(F)(F)C(F)(F)C(F)(F)F. The van der Waals surface area contributed by atoms with Gasteiger partial charge in [-0.1, -0.05) is 12.8 Å². The highest BCUT2D eigenvalue weighted by molar-refractivity contribution is 5.66. The molecular formula is C15H18F13NO2. The summed E-state index contributed by atoms with van der Waals surface area (Å²) in [5.74, 6) is -36.6. The molecule has 16 heteroatoms. The smallest absolute Gasteiger partial charge is 0.449 e. The molecule has 0 saturated heterocycles. The first kappa shape index (κ1) is 29.4. The van der Waals surface area contributed by atoms with E-state index in [4.69, 9.17) is 0 Å². The Hall–Kier alpha value is -1.64. The Morgan fingerprint density at radius 3 is 1.48 bits per heavy atom. The van der Waals surface area contributed by atoms with Gasteiger partial charge in [0.2, 0.25) is 0 Å². The average Bonchev–Trinajstić information content (AvgIpc) is 2.58. The molecule has 0 aromatic heterocycles. The van der Waals surface area contributed by atoms with Crippen LogP contribution in [0.15, 0.2) is 0 Å². The fourth-order valence-corrected chi connectivity index (χ4v) is 2.05. The summed E-state index contributed by atoms with van der Waals surface area (Å²) in [6, 6.07) is 0. The van der Waals surface area contributed by atoms with Gasteiger partial charge in [0, 0.05) is 20.5 Å². The van der Waals surface area contributed by atoms with Crippen molar-refractivity contribution in [1.29, 1.82) is 0 Å². The second-order valence-corrected chi connectivity index (χ2v) is 6.67. The number of hydrogen-bond acceptors (Lipinski definition) is 2. The fraction of sp³-hybridized carbons (Fsp3) is 0.933. The zero-order valence-corrected chi connectivity index (χ0v) is 15.9. The van der Waals surface area contributed by atoms with Crippen molar-refractivity contribution in [2.24, 2.45) is 0 Å². The average molecular weight is 491 g/mol. The van der Waals surface area contributed by atoms with Crippen LogP contribution in [0.1, 0.15) is 32.1 Å². The minimum absolute atomic E-state index is 0.0214. The van der Waals surface area contributed by atoms with Gasteiger partial charge in [-0.2, -0.15) is 57.1 Å². The molecule has 186 valence electrons. The first-order valence-corrected chi connectivity index (χ1v) is 8.38. The summed E-state index contributed by atoms with van der Waals surface area (Å²) in [6.45, 7) is -0.222. The van der Waals surface area contributed by atoms with Gasteiger partial charge in [0.25, 0.3) is 0 Å². The van der Waals surface area contributed by atoms with E-state index >= 15 is 0 Å². The first-order valence-electron chi connectivity index (χ1n) is 8.38. The number of alkyl halides is 13. The van der Waals surface area contributed by atoms with Gasteiger partial charge in [-0.05, 0) is 12.8 Å². The molecule has 31 heavy (non-hydrogen) atoms.